The van der Waals surface area contributed by atoms with Gasteiger partial charge in [0, 0.05) is 22.0 Å². The molecule has 1 aliphatic rings. The Morgan fingerprint density at radius 1 is 1.17 bits per heavy atom. The highest BCUT2D eigenvalue weighted by Crippen LogP contribution is 2.39. The van der Waals surface area contributed by atoms with Gasteiger partial charge in [0.2, 0.25) is 0 Å². The lowest BCUT2D eigenvalue weighted by atomic mass is 10.1. The Balaban J connectivity index is 1.51. The molecule has 3 aromatic heterocycles. The number of thiophene rings is 1. The van der Waals surface area contributed by atoms with Gasteiger partial charge in [-0.15, -0.1) is 11.3 Å². The highest BCUT2D eigenvalue weighted by Gasteiger charge is 2.22. The summed E-state index contributed by atoms with van der Waals surface area (Å²) < 4.78 is 17.3. The first-order valence-corrected chi connectivity index (χ1v) is 10.8. The van der Waals surface area contributed by atoms with Crippen molar-refractivity contribution in [3.8, 4) is 23.1 Å². The molecule has 0 spiro atoms. The Morgan fingerprint density at radius 2 is 1.93 bits per heavy atom. The van der Waals surface area contributed by atoms with E-state index in [2.05, 4.69) is 31.2 Å². The van der Waals surface area contributed by atoms with E-state index in [1.54, 1.807) is 24.5 Å². The van der Waals surface area contributed by atoms with Crippen LogP contribution in [0.2, 0.25) is 0 Å². The van der Waals surface area contributed by atoms with E-state index < -0.39 is 0 Å². The van der Waals surface area contributed by atoms with Crippen LogP contribution in [0.4, 0.5) is 5.69 Å². The van der Waals surface area contributed by atoms with Crippen molar-refractivity contribution in [2.24, 2.45) is 0 Å². The van der Waals surface area contributed by atoms with Gasteiger partial charge in [-0.1, -0.05) is 0 Å². The zero-order valence-corrected chi connectivity index (χ0v) is 18.5. The molecule has 30 heavy (non-hydrogen) atoms. The van der Waals surface area contributed by atoms with Gasteiger partial charge < -0.3 is 19.2 Å². The fraction of sp³-hybridized carbons (Fsp3) is 0.190. The number of carbonyl (C=O) groups is 1. The number of hydrogen-bond acceptors (Lipinski definition) is 7. The van der Waals surface area contributed by atoms with E-state index in [0.717, 1.165) is 25.9 Å². The first-order valence-electron chi connectivity index (χ1n) is 9.23. The zero-order chi connectivity index (χ0) is 20.8. The van der Waals surface area contributed by atoms with Crippen LogP contribution in [0, 0.1) is 13.8 Å². The molecule has 0 radical (unpaired) electrons. The van der Waals surface area contributed by atoms with Crippen molar-refractivity contribution < 1.29 is 18.7 Å². The molecule has 4 heterocycles. The van der Waals surface area contributed by atoms with E-state index in [1.807, 2.05) is 19.9 Å². The average Bonchev–Trinajstić information content (AvgIpc) is 3.37. The molecule has 0 unspecified atom stereocenters. The molecular weight excluding hydrogens is 470 g/mol. The number of ether oxygens (including phenoxy) is 2. The van der Waals surface area contributed by atoms with Gasteiger partial charge in [-0.05, 0) is 47.5 Å². The van der Waals surface area contributed by atoms with Crippen molar-refractivity contribution >= 4 is 49.1 Å². The zero-order valence-electron chi connectivity index (χ0n) is 16.1. The summed E-state index contributed by atoms with van der Waals surface area (Å²) in [6.07, 6.45) is 1.59. The number of aryl methyl sites for hydroxylation is 2. The second kappa shape index (κ2) is 7.41. The van der Waals surface area contributed by atoms with Crippen LogP contribution in [0.15, 0.2) is 39.4 Å². The molecule has 0 atom stereocenters. The second-order valence-corrected chi connectivity index (χ2v) is 8.63. The molecule has 1 aliphatic heterocycles. The minimum Gasteiger partial charge on any atom is -0.486 e. The number of anilines is 1. The van der Waals surface area contributed by atoms with Crippen molar-refractivity contribution in [2.75, 3.05) is 18.5 Å². The number of nitrogens with one attached hydrogen (secondary N) is 1. The SMILES string of the molecule is Cc1nc(-c2ccco2)nc2sc(C(=O)Nc3cc4c(cc3Br)OCCO4)c(C)c12. The summed E-state index contributed by atoms with van der Waals surface area (Å²) in [7, 11) is 0. The largest absolute Gasteiger partial charge is 0.486 e. The number of rotatable bonds is 3. The number of hydrogen-bond donors (Lipinski definition) is 1. The van der Waals surface area contributed by atoms with Crippen LogP contribution in [-0.2, 0) is 0 Å². The molecule has 7 nitrogen and oxygen atoms in total. The van der Waals surface area contributed by atoms with Crippen molar-refractivity contribution in [2.45, 2.75) is 13.8 Å². The van der Waals surface area contributed by atoms with Gasteiger partial charge in [0.05, 0.1) is 22.5 Å². The normalized spacial score (nSPS) is 12.9. The minimum atomic E-state index is -0.216. The van der Waals surface area contributed by atoms with Crippen LogP contribution in [0.25, 0.3) is 21.8 Å². The first kappa shape index (κ1) is 19.1. The van der Waals surface area contributed by atoms with Gasteiger partial charge in [0.15, 0.2) is 23.1 Å². The molecule has 1 amide bonds. The fourth-order valence-corrected chi connectivity index (χ4v) is 4.96. The molecule has 0 aliphatic carbocycles. The molecule has 9 heteroatoms. The number of fused-ring (bicyclic) bond motifs is 2. The Morgan fingerprint density at radius 3 is 2.67 bits per heavy atom. The summed E-state index contributed by atoms with van der Waals surface area (Å²) in [6, 6.07) is 7.17. The van der Waals surface area contributed by atoms with Gasteiger partial charge >= 0.3 is 0 Å². The third-order valence-corrected chi connectivity index (χ3v) is 6.64. The molecule has 0 saturated heterocycles. The summed E-state index contributed by atoms with van der Waals surface area (Å²) in [4.78, 5) is 23.6. The predicted molar refractivity (Wildman–Crippen MR) is 118 cm³/mol. The maximum Gasteiger partial charge on any atom is 0.266 e. The Labute approximate surface area is 184 Å². The topological polar surface area (TPSA) is 86.5 Å². The van der Waals surface area contributed by atoms with Crippen LogP contribution in [0.3, 0.4) is 0 Å². The molecule has 1 aromatic carbocycles. The number of aromatic nitrogens is 2. The van der Waals surface area contributed by atoms with Crippen molar-refractivity contribution in [3.05, 3.63) is 51.1 Å². The van der Waals surface area contributed by atoms with E-state index in [4.69, 9.17) is 13.9 Å². The van der Waals surface area contributed by atoms with Gasteiger partial charge in [-0.25, -0.2) is 9.97 Å². The lowest BCUT2D eigenvalue weighted by Crippen LogP contribution is -2.16. The Kier molecular flexibility index (Phi) is 4.71. The summed E-state index contributed by atoms with van der Waals surface area (Å²) in [6.45, 7) is 4.81. The molecule has 152 valence electrons. The van der Waals surface area contributed by atoms with E-state index in [9.17, 15) is 4.79 Å². The van der Waals surface area contributed by atoms with Crippen LogP contribution in [0.5, 0.6) is 11.5 Å². The second-order valence-electron chi connectivity index (χ2n) is 6.78. The van der Waals surface area contributed by atoms with Crippen LogP contribution in [0.1, 0.15) is 20.9 Å². The van der Waals surface area contributed by atoms with Gasteiger partial charge in [-0.3, -0.25) is 4.79 Å². The highest BCUT2D eigenvalue weighted by molar-refractivity contribution is 9.10. The molecule has 0 bridgehead atoms. The number of carbonyl (C=O) groups excluding carboxylic acids is 1. The number of nitrogens with zero attached hydrogens (tertiary/aromatic N) is 2. The maximum absolute atomic E-state index is 13.1. The maximum atomic E-state index is 13.1. The summed E-state index contributed by atoms with van der Waals surface area (Å²) in [5.74, 6) is 2.15. The van der Waals surface area contributed by atoms with E-state index >= 15 is 0 Å². The molecule has 0 fully saturated rings. The van der Waals surface area contributed by atoms with Crippen molar-refractivity contribution in [3.63, 3.8) is 0 Å². The summed E-state index contributed by atoms with van der Waals surface area (Å²) >= 11 is 4.83. The summed E-state index contributed by atoms with van der Waals surface area (Å²) in [5, 5.41) is 3.85. The standard InChI is InChI=1S/C21H16BrN3O4S/c1-10-17-11(2)23-19(14-4-3-5-27-14)25-21(17)30-18(10)20(26)24-13-9-16-15(8-12(13)22)28-6-7-29-16/h3-5,8-9H,6-7H2,1-2H3,(H,24,26). The van der Waals surface area contributed by atoms with Crippen molar-refractivity contribution in [1.82, 2.24) is 9.97 Å². The van der Waals surface area contributed by atoms with E-state index in [0.29, 0.717) is 46.9 Å². The van der Waals surface area contributed by atoms with Gasteiger partial charge in [-0.2, -0.15) is 0 Å². The third kappa shape index (κ3) is 3.23. The number of amides is 1. The number of halogens is 1. The Hall–Kier alpha value is -2.91. The minimum absolute atomic E-state index is 0.216. The smallest absolute Gasteiger partial charge is 0.266 e. The van der Waals surface area contributed by atoms with Crippen LogP contribution >= 0.6 is 27.3 Å². The fourth-order valence-electron chi connectivity index (χ4n) is 3.41. The molecule has 5 rings (SSSR count). The lowest BCUT2D eigenvalue weighted by Gasteiger charge is -2.20. The van der Waals surface area contributed by atoms with Crippen molar-refractivity contribution in [1.29, 1.82) is 0 Å². The monoisotopic (exact) mass is 485 g/mol. The average molecular weight is 486 g/mol. The predicted octanol–water partition coefficient (Wildman–Crippen LogP) is 5.35. The molecular formula is C21H16BrN3O4S. The number of benzene rings is 1. The number of furan rings is 1. The lowest BCUT2D eigenvalue weighted by molar-refractivity contribution is 0.103. The van der Waals surface area contributed by atoms with Crippen LogP contribution < -0.4 is 14.8 Å². The van der Waals surface area contributed by atoms with E-state index in [1.165, 1.54) is 11.3 Å². The highest BCUT2D eigenvalue weighted by atomic mass is 79.9. The summed E-state index contributed by atoms with van der Waals surface area (Å²) in [5.41, 5.74) is 2.27. The Bertz CT molecular complexity index is 1280. The quantitative estimate of drug-likeness (QED) is 0.420. The molecule has 1 N–H and O–H groups in total. The third-order valence-electron chi connectivity index (χ3n) is 4.80. The molecule has 0 saturated carbocycles. The van der Waals surface area contributed by atoms with Gasteiger partial charge in [0.1, 0.15) is 18.0 Å². The van der Waals surface area contributed by atoms with Gasteiger partial charge in [0.25, 0.3) is 5.91 Å². The first-order chi connectivity index (χ1) is 14.5. The van der Waals surface area contributed by atoms with E-state index in [-0.39, 0.29) is 5.91 Å². The molecule has 4 aromatic rings. The van der Waals surface area contributed by atoms with Crippen LogP contribution in [-0.4, -0.2) is 29.1 Å².